The van der Waals surface area contributed by atoms with Crippen LogP contribution in [0.3, 0.4) is 0 Å². The van der Waals surface area contributed by atoms with Gasteiger partial charge in [-0.05, 0) is 25.0 Å². The van der Waals surface area contributed by atoms with Gasteiger partial charge < -0.3 is 0 Å². The van der Waals surface area contributed by atoms with E-state index < -0.39 is 10.0 Å². The summed E-state index contributed by atoms with van der Waals surface area (Å²) in [5, 5.41) is 4.43. The minimum atomic E-state index is -3.69. The van der Waals surface area contributed by atoms with E-state index in [1.807, 2.05) is 0 Å². The summed E-state index contributed by atoms with van der Waals surface area (Å²) in [5.41, 5.74) is -0.165. The Bertz CT molecular complexity index is 919. The van der Waals surface area contributed by atoms with Gasteiger partial charge in [0.1, 0.15) is 10.7 Å². The molecule has 1 aromatic carbocycles. The van der Waals surface area contributed by atoms with E-state index in [2.05, 4.69) is 5.10 Å². The maximum absolute atomic E-state index is 12.8. The van der Waals surface area contributed by atoms with E-state index in [0.717, 1.165) is 0 Å². The first-order chi connectivity index (χ1) is 11.3. The third kappa shape index (κ3) is 2.89. The smallest absolute Gasteiger partial charge is 0.279 e. The molecule has 1 unspecified atom stereocenters. The lowest BCUT2D eigenvalue weighted by molar-refractivity contribution is 0.329. The largest absolute Gasteiger partial charge is 0.345 e. The summed E-state index contributed by atoms with van der Waals surface area (Å²) in [4.78, 5) is 12.1. The number of sulfonamides is 1. The van der Waals surface area contributed by atoms with Gasteiger partial charge in [-0.3, -0.25) is 4.57 Å². The van der Waals surface area contributed by atoms with Crippen molar-refractivity contribution >= 4 is 21.6 Å². The zero-order chi connectivity index (χ0) is 17.5. The molecule has 2 heterocycles. The van der Waals surface area contributed by atoms with Crippen molar-refractivity contribution in [1.29, 1.82) is 0 Å². The van der Waals surface area contributed by atoms with Crippen molar-refractivity contribution in [2.24, 2.45) is 7.05 Å². The average Bonchev–Trinajstić information content (AvgIpc) is 2.72. The molecule has 0 saturated heterocycles. The van der Waals surface area contributed by atoms with Crippen LogP contribution in [0.2, 0.25) is 5.02 Å². The monoisotopic (exact) mass is 370 g/mol. The van der Waals surface area contributed by atoms with Gasteiger partial charge in [-0.15, -0.1) is 0 Å². The third-order valence-electron chi connectivity index (χ3n) is 4.48. The molecule has 1 aliphatic heterocycles. The molecule has 1 aliphatic rings. The summed E-state index contributed by atoms with van der Waals surface area (Å²) in [6.07, 6.45) is 1.72. The van der Waals surface area contributed by atoms with Crippen molar-refractivity contribution in [2.75, 3.05) is 7.05 Å². The predicted octanol–water partition coefficient (Wildman–Crippen LogP) is 1.26. The van der Waals surface area contributed by atoms with Crippen LogP contribution >= 0.6 is 11.6 Å². The number of rotatable bonds is 3. The maximum Gasteiger partial charge on any atom is 0.345 e. The van der Waals surface area contributed by atoms with E-state index in [0.29, 0.717) is 31.6 Å². The van der Waals surface area contributed by atoms with Gasteiger partial charge in [0.05, 0.1) is 5.02 Å². The molecule has 3 rings (SSSR count). The first-order valence-corrected chi connectivity index (χ1v) is 9.49. The Balaban J connectivity index is 1.85. The van der Waals surface area contributed by atoms with Crippen molar-refractivity contribution in [3.8, 4) is 0 Å². The number of halogens is 1. The first-order valence-electron chi connectivity index (χ1n) is 7.67. The van der Waals surface area contributed by atoms with Gasteiger partial charge >= 0.3 is 5.69 Å². The number of aryl methyl sites for hydroxylation is 2. The molecule has 0 amide bonds. The van der Waals surface area contributed by atoms with Crippen LogP contribution in [0.25, 0.3) is 0 Å². The quantitative estimate of drug-likeness (QED) is 0.815. The molecule has 130 valence electrons. The molecule has 0 aliphatic carbocycles. The van der Waals surface area contributed by atoms with Crippen LogP contribution in [0.4, 0.5) is 0 Å². The summed E-state index contributed by atoms with van der Waals surface area (Å²) in [5.74, 6) is 0.702. The fourth-order valence-corrected chi connectivity index (χ4v) is 4.96. The number of fused-ring (bicyclic) bond motifs is 1. The summed E-state index contributed by atoms with van der Waals surface area (Å²) in [6, 6.07) is 6.21. The second kappa shape index (κ2) is 6.34. The Morgan fingerprint density at radius 1 is 1.29 bits per heavy atom. The van der Waals surface area contributed by atoms with E-state index in [-0.39, 0.29) is 21.6 Å². The molecule has 0 radical (unpaired) electrons. The van der Waals surface area contributed by atoms with Crippen LogP contribution in [0.1, 0.15) is 18.7 Å². The van der Waals surface area contributed by atoms with Crippen LogP contribution < -0.4 is 5.69 Å². The van der Waals surface area contributed by atoms with Crippen molar-refractivity contribution in [2.45, 2.75) is 36.7 Å². The Hall–Kier alpha value is -1.64. The normalized spacial score (nSPS) is 18.4. The van der Waals surface area contributed by atoms with Crippen molar-refractivity contribution in [3.05, 3.63) is 45.6 Å². The van der Waals surface area contributed by atoms with Crippen LogP contribution in [0.5, 0.6) is 0 Å². The lowest BCUT2D eigenvalue weighted by Crippen LogP contribution is -2.38. The zero-order valence-electron chi connectivity index (χ0n) is 13.5. The van der Waals surface area contributed by atoms with Crippen LogP contribution in [0, 0.1) is 0 Å². The number of benzene rings is 1. The molecule has 0 fully saturated rings. The van der Waals surface area contributed by atoms with E-state index in [4.69, 9.17) is 11.6 Å². The molecular formula is C15H19ClN4O3S. The van der Waals surface area contributed by atoms with Gasteiger partial charge in [-0.2, -0.15) is 9.40 Å². The topological polar surface area (TPSA) is 77.2 Å². The Kier molecular flexibility index (Phi) is 4.54. The highest BCUT2D eigenvalue weighted by molar-refractivity contribution is 7.89. The number of nitrogens with zero attached hydrogens (tertiary/aromatic N) is 4. The van der Waals surface area contributed by atoms with Crippen LogP contribution in [0.15, 0.2) is 34.0 Å². The molecule has 2 aromatic rings. The highest BCUT2D eigenvalue weighted by Gasteiger charge is 2.31. The summed E-state index contributed by atoms with van der Waals surface area (Å²) >= 11 is 6.05. The fourth-order valence-electron chi connectivity index (χ4n) is 3.05. The first kappa shape index (κ1) is 17.2. The van der Waals surface area contributed by atoms with Crippen molar-refractivity contribution in [1.82, 2.24) is 18.7 Å². The van der Waals surface area contributed by atoms with E-state index >= 15 is 0 Å². The highest BCUT2D eigenvalue weighted by Crippen LogP contribution is 2.27. The molecule has 0 spiro atoms. The SMILES string of the molecule is CN(C1CCc2nn(C)c(=O)n2CC1)S(=O)(=O)c1ccccc1Cl. The summed E-state index contributed by atoms with van der Waals surface area (Å²) < 4.78 is 30.0. The third-order valence-corrected chi connectivity index (χ3v) is 6.89. The van der Waals surface area contributed by atoms with Crippen LogP contribution in [-0.2, 0) is 30.0 Å². The molecule has 1 atom stereocenters. The minimum absolute atomic E-state index is 0.104. The van der Waals surface area contributed by atoms with Gasteiger partial charge in [0.2, 0.25) is 10.0 Å². The summed E-state index contributed by atoms with van der Waals surface area (Å²) in [6.45, 7) is 0.453. The predicted molar refractivity (Wildman–Crippen MR) is 90.6 cm³/mol. The van der Waals surface area contributed by atoms with Crippen LogP contribution in [-0.4, -0.2) is 40.2 Å². The van der Waals surface area contributed by atoms with E-state index in [9.17, 15) is 13.2 Å². The highest BCUT2D eigenvalue weighted by atomic mass is 35.5. The van der Waals surface area contributed by atoms with Gasteiger partial charge in [-0.1, -0.05) is 23.7 Å². The fraction of sp³-hybridized carbons (Fsp3) is 0.467. The number of hydrogen-bond acceptors (Lipinski definition) is 4. The molecule has 7 nitrogen and oxygen atoms in total. The molecule has 1 aromatic heterocycles. The summed E-state index contributed by atoms with van der Waals surface area (Å²) in [7, 11) is -0.500. The molecule has 9 heteroatoms. The van der Waals surface area contributed by atoms with Gasteiger partial charge in [0.25, 0.3) is 0 Å². The van der Waals surface area contributed by atoms with Gasteiger partial charge in [0.15, 0.2) is 0 Å². The Morgan fingerprint density at radius 2 is 2.00 bits per heavy atom. The molecule has 24 heavy (non-hydrogen) atoms. The van der Waals surface area contributed by atoms with Gasteiger partial charge in [0, 0.05) is 33.1 Å². The minimum Gasteiger partial charge on any atom is -0.279 e. The lowest BCUT2D eigenvalue weighted by atomic mass is 10.1. The Morgan fingerprint density at radius 3 is 2.71 bits per heavy atom. The van der Waals surface area contributed by atoms with Crippen molar-refractivity contribution in [3.63, 3.8) is 0 Å². The molecule has 0 saturated carbocycles. The standard InChI is InChI=1S/C15H19ClN4O3S/c1-18-15(21)20-10-9-11(7-8-14(20)17-18)19(2)24(22,23)13-6-4-3-5-12(13)16/h3-6,11H,7-10H2,1-2H3. The zero-order valence-corrected chi connectivity index (χ0v) is 15.1. The maximum atomic E-state index is 12.8. The second-order valence-electron chi connectivity index (χ2n) is 5.91. The van der Waals surface area contributed by atoms with Crippen molar-refractivity contribution < 1.29 is 8.42 Å². The number of aromatic nitrogens is 3. The average molecular weight is 371 g/mol. The molecule has 0 bridgehead atoms. The van der Waals surface area contributed by atoms with E-state index in [1.165, 1.54) is 15.1 Å². The Labute approximate surface area is 145 Å². The second-order valence-corrected chi connectivity index (χ2v) is 8.28. The number of hydrogen-bond donors (Lipinski definition) is 0. The molecular weight excluding hydrogens is 352 g/mol. The lowest BCUT2D eigenvalue weighted by Gasteiger charge is -2.26. The van der Waals surface area contributed by atoms with Gasteiger partial charge in [-0.25, -0.2) is 17.9 Å². The van der Waals surface area contributed by atoms with E-state index in [1.54, 1.807) is 36.9 Å². The molecule has 0 N–H and O–H groups in total.